The fraction of sp³-hybridized carbons (Fsp3) is 0.385. The van der Waals surface area contributed by atoms with E-state index in [0.29, 0.717) is 18.5 Å². The van der Waals surface area contributed by atoms with Gasteiger partial charge in [0.2, 0.25) is 11.8 Å². The number of nitrogens with one attached hydrogen (secondary N) is 2. The van der Waals surface area contributed by atoms with Crippen LogP contribution in [0.1, 0.15) is 26.7 Å². The van der Waals surface area contributed by atoms with Gasteiger partial charge in [-0.2, -0.15) is 0 Å². The van der Waals surface area contributed by atoms with Crippen LogP contribution in [0.3, 0.4) is 0 Å². The second kappa shape index (κ2) is 6.84. The van der Waals surface area contributed by atoms with E-state index in [-0.39, 0.29) is 23.5 Å². The quantitative estimate of drug-likeness (QED) is 0.761. The maximum Gasteiger partial charge on any atom is 0.224 e. The van der Waals surface area contributed by atoms with Crippen molar-refractivity contribution in [3.8, 4) is 0 Å². The minimum Gasteiger partial charge on any atom is -0.328 e. The van der Waals surface area contributed by atoms with Crippen LogP contribution in [0.5, 0.6) is 0 Å². The van der Waals surface area contributed by atoms with Gasteiger partial charge in [-0.15, -0.1) is 0 Å². The second-order valence-corrected chi connectivity index (χ2v) is 4.44. The molecule has 0 saturated heterocycles. The molecule has 4 N–H and O–H groups in total. The van der Waals surface area contributed by atoms with Crippen molar-refractivity contribution in [2.24, 2.45) is 5.73 Å². The Morgan fingerprint density at radius 1 is 1.37 bits per heavy atom. The molecule has 1 unspecified atom stereocenters. The molecule has 5 nitrogen and oxygen atoms in total. The molecule has 6 heteroatoms. The first-order valence-electron chi connectivity index (χ1n) is 6.01. The van der Waals surface area contributed by atoms with Gasteiger partial charge in [-0.25, -0.2) is 4.39 Å². The Kier molecular flexibility index (Phi) is 5.44. The molecule has 1 rings (SSSR count). The normalized spacial score (nSPS) is 11.8. The fourth-order valence-corrected chi connectivity index (χ4v) is 1.47. The smallest absolute Gasteiger partial charge is 0.224 e. The van der Waals surface area contributed by atoms with Crippen LogP contribution in [-0.4, -0.2) is 17.9 Å². The Labute approximate surface area is 111 Å². The molecule has 104 valence electrons. The lowest BCUT2D eigenvalue weighted by Crippen LogP contribution is -2.19. The van der Waals surface area contributed by atoms with E-state index in [0.717, 1.165) is 0 Å². The molecule has 1 aromatic carbocycles. The molecule has 0 fully saturated rings. The lowest BCUT2D eigenvalue weighted by atomic mass is 10.2. The number of nitrogens with two attached hydrogens (primary N) is 1. The van der Waals surface area contributed by atoms with Crippen molar-refractivity contribution in [1.29, 1.82) is 0 Å². The molecular weight excluding hydrogens is 249 g/mol. The van der Waals surface area contributed by atoms with Gasteiger partial charge in [0, 0.05) is 25.1 Å². The van der Waals surface area contributed by atoms with E-state index in [4.69, 9.17) is 5.73 Å². The lowest BCUT2D eigenvalue weighted by Gasteiger charge is -2.09. The van der Waals surface area contributed by atoms with E-state index in [1.807, 2.05) is 6.92 Å². The van der Waals surface area contributed by atoms with E-state index < -0.39 is 5.82 Å². The van der Waals surface area contributed by atoms with Crippen molar-refractivity contribution in [2.75, 3.05) is 10.6 Å². The van der Waals surface area contributed by atoms with Crippen molar-refractivity contribution >= 4 is 23.2 Å². The summed E-state index contributed by atoms with van der Waals surface area (Å²) >= 11 is 0. The van der Waals surface area contributed by atoms with Gasteiger partial charge in [0.05, 0.1) is 5.69 Å². The van der Waals surface area contributed by atoms with Gasteiger partial charge >= 0.3 is 0 Å². The van der Waals surface area contributed by atoms with Crippen molar-refractivity contribution in [1.82, 2.24) is 0 Å². The molecule has 0 spiro atoms. The summed E-state index contributed by atoms with van der Waals surface area (Å²) in [4.78, 5) is 22.5. The highest BCUT2D eigenvalue weighted by Gasteiger charge is 2.08. The van der Waals surface area contributed by atoms with Crippen LogP contribution in [0.25, 0.3) is 0 Å². The van der Waals surface area contributed by atoms with Crippen LogP contribution in [0, 0.1) is 5.82 Å². The van der Waals surface area contributed by atoms with Crippen LogP contribution in [-0.2, 0) is 9.59 Å². The van der Waals surface area contributed by atoms with Crippen molar-refractivity contribution in [2.45, 2.75) is 32.7 Å². The number of hydrogen-bond acceptors (Lipinski definition) is 3. The third kappa shape index (κ3) is 5.48. The van der Waals surface area contributed by atoms with E-state index in [1.165, 1.54) is 25.1 Å². The molecule has 0 aliphatic carbocycles. The molecule has 19 heavy (non-hydrogen) atoms. The van der Waals surface area contributed by atoms with E-state index in [9.17, 15) is 14.0 Å². The van der Waals surface area contributed by atoms with Crippen LogP contribution in [0.15, 0.2) is 18.2 Å². The molecule has 0 aliphatic heterocycles. The number of hydrogen-bond donors (Lipinski definition) is 3. The molecular formula is C13H18FN3O2. The van der Waals surface area contributed by atoms with Crippen molar-refractivity contribution < 1.29 is 14.0 Å². The largest absolute Gasteiger partial charge is 0.328 e. The zero-order valence-corrected chi connectivity index (χ0v) is 11.0. The van der Waals surface area contributed by atoms with Crippen LogP contribution < -0.4 is 16.4 Å². The van der Waals surface area contributed by atoms with E-state index in [1.54, 1.807) is 0 Å². The van der Waals surface area contributed by atoms with Gasteiger partial charge in [0.15, 0.2) is 0 Å². The summed E-state index contributed by atoms with van der Waals surface area (Å²) in [5.74, 6) is -1.12. The zero-order chi connectivity index (χ0) is 14.4. The number of carbonyl (C=O) groups is 2. The number of halogens is 1. The number of rotatable bonds is 5. The van der Waals surface area contributed by atoms with E-state index in [2.05, 4.69) is 10.6 Å². The third-order valence-electron chi connectivity index (χ3n) is 2.39. The van der Waals surface area contributed by atoms with Gasteiger partial charge in [-0.3, -0.25) is 9.59 Å². The molecule has 1 atom stereocenters. The van der Waals surface area contributed by atoms with Crippen LogP contribution >= 0.6 is 0 Å². The molecule has 0 saturated carbocycles. The van der Waals surface area contributed by atoms with Crippen molar-refractivity contribution in [3.63, 3.8) is 0 Å². The standard InChI is InChI=1S/C13H18FN3O2/c1-8(15)3-6-13(19)17-10-4-5-11(14)12(7-10)16-9(2)18/h4-5,7-8H,3,6,15H2,1-2H3,(H,16,18)(H,17,19). The maximum atomic E-state index is 13.4. The SMILES string of the molecule is CC(=O)Nc1cc(NC(=O)CCC(C)N)ccc1F. The van der Waals surface area contributed by atoms with Gasteiger partial charge in [-0.05, 0) is 31.5 Å². The first-order chi connectivity index (χ1) is 8.88. The monoisotopic (exact) mass is 267 g/mol. The second-order valence-electron chi connectivity index (χ2n) is 4.44. The summed E-state index contributed by atoms with van der Waals surface area (Å²) in [6.45, 7) is 3.10. The minimum absolute atomic E-state index is 0.0393. The Morgan fingerprint density at radius 3 is 2.63 bits per heavy atom. The Morgan fingerprint density at radius 2 is 2.05 bits per heavy atom. The third-order valence-corrected chi connectivity index (χ3v) is 2.39. The predicted octanol–water partition coefficient (Wildman–Crippen LogP) is 1.85. The van der Waals surface area contributed by atoms with Gasteiger partial charge in [0.1, 0.15) is 5.82 Å². The molecule has 0 bridgehead atoms. The van der Waals surface area contributed by atoms with Crippen molar-refractivity contribution in [3.05, 3.63) is 24.0 Å². The summed E-state index contributed by atoms with van der Waals surface area (Å²) in [7, 11) is 0. The number of anilines is 2. The Balaban J connectivity index is 2.68. The van der Waals surface area contributed by atoms with E-state index >= 15 is 0 Å². The number of benzene rings is 1. The Hall–Kier alpha value is -1.95. The first kappa shape index (κ1) is 15.1. The average molecular weight is 267 g/mol. The predicted molar refractivity (Wildman–Crippen MR) is 72.2 cm³/mol. The average Bonchev–Trinajstić information content (AvgIpc) is 2.30. The molecule has 1 aromatic rings. The van der Waals surface area contributed by atoms with Gasteiger partial charge < -0.3 is 16.4 Å². The molecule has 0 heterocycles. The van der Waals surface area contributed by atoms with Gasteiger partial charge in [-0.1, -0.05) is 0 Å². The highest BCUT2D eigenvalue weighted by molar-refractivity contribution is 5.93. The Bertz CT molecular complexity index is 475. The number of carbonyl (C=O) groups excluding carboxylic acids is 2. The fourth-order valence-electron chi connectivity index (χ4n) is 1.47. The minimum atomic E-state index is -0.552. The lowest BCUT2D eigenvalue weighted by molar-refractivity contribution is -0.116. The zero-order valence-electron chi connectivity index (χ0n) is 11.0. The highest BCUT2D eigenvalue weighted by Crippen LogP contribution is 2.19. The maximum absolute atomic E-state index is 13.4. The summed E-state index contributed by atoms with van der Waals surface area (Å²) in [5, 5.41) is 4.98. The topological polar surface area (TPSA) is 84.2 Å². The summed E-state index contributed by atoms with van der Waals surface area (Å²) in [6.07, 6.45) is 0.871. The van der Waals surface area contributed by atoms with Gasteiger partial charge in [0.25, 0.3) is 0 Å². The summed E-state index contributed by atoms with van der Waals surface area (Å²) < 4.78 is 13.4. The highest BCUT2D eigenvalue weighted by atomic mass is 19.1. The first-order valence-corrected chi connectivity index (χ1v) is 6.01. The molecule has 0 radical (unpaired) electrons. The van der Waals surface area contributed by atoms with Crippen LogP contribution in [0.2, 0.25) is 0 Å². The molecule has 2 amide bonds. The molecule has 0 aromatic heterocycles. The number of amides is 2. The summed E-state index contributed by atoms with van der Waals surface area (Å²) in [5.41, 5.74) is 6.03. The molecule has 0 aliphatic rings. The summed E-state index contributed by atoms with van der Waals surface area (Å²) in [6, 6.07) is 3.95. The van der Waals surface area contributed by atoms with Crippen LogP contribution in [0.4, 0.5) is 15.8 Å².